The van der Waals surface area contributed by atoms with Crippen LogP contribution in [0.2, 0.25) is 0 Å². The Bertz CT molecular complexity index is 1040. The first-order chi connectivity index (χ1) is 13.0. The van der Waals surface area contributed by atoms with E-state index in [1.165, 1.54) is 22.2 Å². The predicted molar refractivity (Wildman–Crippen MR) is 104 cm³/mol. The molecular weight excluding hydrogens is 368 g/mol. The molecule has 0 aliphatic carbocycles. The lowest BCUT2D eigenvalue weighted by Gasteiger charge is -2.13. The Kier molecular flexibility index (Phi) is 5.46. The van der Waals surface area contributed by atoms with E-state index in [-0.39, 0.29) is 12.2 Å². The molecule has 2 heterocycles. The zero-order valence-electron chi connectivity index (χ0n) is 15.5. The topological polar surface area (TPSA) is 79.7 Å². The van der Waals surface area contributed by atoms with Gasteiger partial charge in [0.1, 0.15) is 10.9 Å². The van der Waals surface area contributed by atoms with E-state index in [0.717, 1.165) is 11.1 Å². The van der Waals surface area contributed by atoms with Crippen molar-refractivity contribution in [3.05, 3.63) is 40.3 Å². The first-order valence-corrected chi connectivity index (χ1v) is 9.27. The van der Waals surface area contributed by atoms with E-state index >= 15 is 0 Å². The van der Waals surface area contributed by atoms with Crippen LogP contribution in [0, 0.1) is 0 Å². The number of ether oxygens (including phenoxy) is 3. The van der Waals surface area contributed by atoms with Gasteiger partial charge in [0.2, 0.25) is 0 Å². The molecule has 3 aromatic rings. The highest BCUT2D eigenvalue weighted by atomic mass is 32.1. The van der Waals surface area contributed by atoms with Crippen LogP contribution in [0.3, 0.4) is 0 Å². The molecule has 7 nitrogen and oxygen atoms in total. The van der Waals surface area contributed by atoms with Crippen LogP contribution in [0.25, 0.3) is 21.3 Å². The molecule has 3 rings (SSSR count). The maximum absolute atomic E-state index is 13.1. The van der Waals surface area contributed by atoms with Gasteiger partial charge in [-0.25, -0.2) is 9.78 Å². The zero-order chi connectivity index (χ0) is 19.6. The van der Waals surface area contributed by atoms with E-state index in [1.54, 1.807) is 34.1 Å². The standard InChI is InChI=1S/C19H20N2O5S/c1-5-26-19(23)11(2)21-10-20-17-16(18(21)22)13(9-27-17)12-6-7-14(24-3)15(8-12)25-4/h6-11H,5H2,1-4H3/t11-/m0/s1. The van der Waals surface area contributed by atoms with Crippen molar-refractivity contribution in [1.82, 2.24) is 9.55 Å². The SMILES string of the molecule is CCOC(=O)[C@H](C)n1cnc2scc(-c3ccc(OC)c(OC)c3)c2c1=O. The fourth-order valence-electron chi connectivity index (χ4n) is 2.81. The van der Waals surface area contributed by atoms with Crippen LogP contribution in [-0.2, 0) is 9.53 Å². The summed E-state index contributed by atoms with van der Waals surface area (Å²) >= 11 is 1.37. The summed E-state index contributed by atoms with van der Waals surface area (Å²) in [6.45, 7) is 3.60. The molecule has 0 radical (unpaired) electrons. The Labute approximate surface area is 160 Å². The fraction of sp³-hybridized carbons (Fsp3) is 0.316. The number of rotatable bonds is 6. The molecule has 0 aliphatic heterocycles. The normalized spacial score (nSPS) is 12.0. The largest absolute Gasteiger partial charge is 0.493 e. The number of carbonyl (C=O) groups excluding carboxylic acids is 1. The third-order valence-electron chi connectivity index (χ3n) is 4.26. The van der Waals surface area contributed by atoms with Crippen molar-refractivity contribution in [2.45, 2.75) is 19.9 Å². The smallest absolute Gasteiger partial charge is 0.328 e. The third-order valence-corrected chi connectivity index (χ3v) is 5.15. The molecule has 27 heavy (non-hydrogen) atoms. The van der Waals surface area contributed by atoms with Gasteiger partial charge in [-0.1, -0.05) is 6.07 Å². The summed E-state index contributed by atoms with van der Waals surface area (Å²) in [4.78, 5) is 30.1. The van der Waals surface area contributed by atoms with Gasteiger partial charge >= 0.3 is 5.97 Å². The van der Waals surface area contributed by atoms with Crippen molar-refractivity contribution >= 4 is 27.5 Å². The average Bonchev–Trinajstić information content (AvgIpc) is 3.12. The summed E-state index contributed by atoms with van der Waals surface area (Å²) in [5, 5.41) is 2.34. The van der Waals surface area contributed by atoms with Crippen LogP contribution >= 0.6 is 11.3 Å². The number of hydrogen-bond acceptors (Lipinski definition) is 7. The van der Waals surface area contributed by atoms with Gasteiger partial charge in [-0.05, 0) is 31.5 Å². The molecule has 2 aromatic heterocycles. The molecule has 0 spiro atoms. The Morgan fingerprint density at radius 1 is 1.26 bits per heavy atom. The highest BCUT2D eigenvalue weighted by molar-refractivity contribution is 7.17. The summed E-state index contributed by atoms with van der Waals surface area (Å²) in [7, 11) is 3.12. The van der Waals surface area contributed by atoms with Crippen LogP contribution in [0.5, 0.6) is 11.5 Å². The molecule has 0 fully saturated rings. The number of esters is 1. The molecule has 0 unspecified atom stereocenters. The number of thiophene rings is 1. The number of hydrogen-bond donors (Lipinski definition) is 0. The minimum Gasteiger partial charge on any atom is -0.493 e. The minimum absolute atomic E-state index is 0.253. The van der Waals surface area contributed by atoms with Crippen LogP contribution < -0.4 is 15.0 Å². The van der Waals surface area contributed by atoms with Crippen molar-refractivity contribution in [3.63, 3.8) is 0 Å². The molecule has 0 aliphatic rings. The molecular formula is C19H20N2O5S. The molecule has 1 atom stereocenters. The highest BCUT2D eigenvalue weighted by Gasteiger charge is 2.21. The Balaban J connectivity index is 2.15. The number of methoxy groups -OCH3 is 2. The molecule has 0 saturated heterocycles. The fourth-order valence-corrected chi connectivity index (χ4v) is 3.72. The summed E-state index contributed by atoms with van der Waals surface area (Å²) in [6, 6.07) is 4.70. The summed E-state index contributed by atoms with van der Waals surface area (Å²) in [5.41, 5.74) is 1.25. The highest BCUT2D eigenvalue weighted by Crippen LogP contribution is 2.36. The Hall–Kier alpha value is -2.87. The molecule has 8 heteroatoms. The summed E-state index contributed by atoms with van der Waals surface area (Å²) < 4.78 is 16.9. The van der Waals surface area contributed by atoms with E-state index < -0.39 is 12.0 Å². The van der Waals surface area contributed by atoms with Crippen molar-refractivity contribution in [2.24, 2.45) is 0 Å². The molecule has 0 bridgehead atoms. The molecule has 0 saturated carbocycles. The molecule has 1 aromatic carbocycles. The second-order valence-electron chi connectivity index (χ2n) is 5.78. The third kappa shape index (κ3) is 3.40. The van der Waals surface area contributed by atoms with Crippen LogP contribution in [0.4, 0.5) is 0 Å². The lowest BCUT2D eigenvalue weighted by molar-refractivity contribution is -0.146. The monoisotopic (exact) mass is 388 g/mol. The van der Waals surface area contributed by atoms with Gasteiger partial charge in [-0.15, -0.1) is 11.3 Å². The van der Waals surface area contributed by atoms with E-state index in [1.807, 2.05) is 17.5 Å². The summed E-state index contributed by atoms with van der Waals surface area (Å²) in [6.07, 6.45) is 1.39. The second kappa shape index (κ2) is 7.79. The van der Waals surface area contributed by atoms with Gasteiger partial charge in [0, 0.05) is 10.9 Å². The lowest BCUT2D eigenvalue weighted by Crippen LogP contribution is -2.29. The number of carbonyl (C=O) groups is 1. The first kappa shape index (κ1) is 18.9. The van der Waals surface area contributed by atoms with Gasteiger partial charge in [0.15, 0.2) is 11.5 Å². The first-order valence-electron chi connectivity index (χ1n) is 8.39. The number of fused-ring (bicyclic) bond motifs is 1. The van der Waals surface area contributed by atoms with Crippen molar-refractivity contribution in [3.8, 4) is 22.6 Å². The van der Waals surface area contributed by atoms with Crippen molar-refractivity contribution in [1.29, 1.82) is 0 Å². The molecule has 0 amide bonds. The number of nitrogens with zero attached hydrogens (tertiary/aromatic N) is 2. The van der Waals surface area contributed by atoms with Crippen LogP contribution in [0.15, 0.2) is 34.7 Å². The number of benzene rings is 1. The Morgan fingerprint density at radius 3 is 2.67 bits per heavy atom. The van der Waals surface area contributed by atoms with Crippen molar-refractivity contribution < 1.29 is 19.0 Å². The van der Waals surface area contributed by atoms with E-state index in [0.29, 0.717) is 21.7 Å². The quantitative estimate of drug-likeness (QED) is 0.603. The molecule has 142 valence electrons. The van der Waals surface area contributed by atoms with Gasteiger partial charge < -0.3 is 14.2 Å². The van der Waals surface area contributed by atoms with Gasteiger partial charge in [0.25, 0.3) is 5.56 Å². The van der Waals surface area contributed by atoms with E-state index in [9.17, 15) is 9.59 Å². The van der Waals surface area contributed by atoms with Gasteiger partial charge in [0.05, 0.1) is 32.5 Å². The Morgan fingerprint density at radius 2 is 2.00 bits per heavy atom. The minimum atomic E-state index is -0.757. The summed E-state index contributed by atoms with van der Waals surface area (Å²) in [5.74, 6) is 0.703. The van der Waals surface area contributed by atoms with E-state index in [4.69, 9.17) is 14.2 Å². The number of aromatic nitrogens is 2. The maximum Gasteiger partial charge on any atom is 0.328 e. The lowest BCUT2D eigenvalue weighted by atomic mass is 10.1. The van der Waals surface area contributed by atoms with Gasteiger partial charge in [-0.3, -0.25) is 9.36 Å². The van der Waals surface area contributed by atoms with Crippen molar-refractivity contribution in [2.75, 3.05) is 20.8 Å². The maximum atomic E-state index is 13.1. The second-order valence-corrected chi connectivity index (χ2v) is 6.64. The molecule has 0 N–H and O–H groups in total. The van der Waals surface area contributed by atoms with Crippen LogP contribution in [-0.4, -0.2) is 36.3 Å². The van der Waals surface area contributed by atoms with E-state index in [2.05, 4.69) is 4.98 Å². The predicted octanol–water partition coefficient (Wildman–Crippen LogP) is 3.27. The zero-order valence-corrected chi connectivity index (χ0v) is 16.3. The average molecular weight is 388 g/mol. The van der Waals surface area contributed by atoms with Crippen LogP contribution in [0.1, 0.15) is 19.9 Å². The van der Waals surface area contributed by atoms with Gasteiger partial charge in [-0.2, -0.15) is 0 Å².